The van der Waals surface area contributed by atoms with E-state index in [9.17, 15) is 13.6 Å². The first-order valence-electron chi connectivity index (χ1n) is 9.56. The summed E-state index contributed by atoms with van der Waals surface area (Å²) >= 11 is 0. The average molecular weight is 423 g/mol. The zero-order valence-corrected chi connectivity index (χ0v) is 16.6. The monoisotopic (exact) mass is 423 g/mol. The Morgan fingerprint density at radius 2 is 1.84 bits per heavy atom. The first kappa shape index (κ1) is 20.4. The molecule has 0 spiro atoms. The smallest absolute Gasteiger partial charge is 0.387 e. The predicted octanol–water partition coefficient (Wildman–Crippen LogP) is 6.17. The number of amides is 1. The van der Waals surface area contributed by atoms with Gasteiger partial charge in [0.1, 0.15) is 23.9 Å². The van der Waals surface area contributed by atoms with Gasteiger partial charge in [0.15, 0.2) is 5.76 Å². The van der Waals surface area contributed by atoms with Gasteiger partial charge in [0.25, 0.3) is 5.91 Å². The molecule has 0 fully saturated rings. The van der Waals surface area contributed by atoms with E-state index in [1.54, 1.807) is 19.1 Å². The molecule has 5 nitrogen and oxygen atoms in total. The van der Waals surface area contributed by atoms with Gasteiger partial charge in [0.05, 0.1) is 0 Å². The van der Waals surface area contributed by atoms with Crippen LogP contribution in [-0.2, 0) is 6.61 Å². The number of nitrogens with one attached hydrogen (secondary N) is 1. The Labute approximate surface area is 177 Å². The SMILES string of the molecule is Cc1cc(OC(F)F)ccc1NC(=O)c1ccc(COc2cccc3ccccc23)o1. The van der Waals surface area contributed by atoms with E-state index in [1.807, 2.05) is 42.5 Å². The fourth-order valence-corrected chi connectivity index (χ4v) is 3.18. The maximum absolute atomic E-state index is 12.5. The van der Waals surface area contributed by atoms with Crippen LogP contribution < -0.4 is 14.8 Å². The highest BCUT2D eigenvalue weighted by molar-refractivity contribution is 6.02. The Hall–Kier alpha value is -3.87. The molecule has 158 valence electrons. The molecule has 1 amide bonds. The summed E-state index contributed by atoms with van der Waals surface area (Å²) in [6.07, 6.45) is 0. The zero-order chi connectivity index (χ0) is 21.8. The number of alkyl halides is 2. The molecule has 0 aliphatic carbocycles. The number of anilines is 1. The molecule has 4 rings (SSSR count). The molecule has 1 heterocycles. The van der Waals surface area contributed by atoms with E-state index >= 15 is 0 Å². The number of furan rings is 1. The van der Waals surface area contributed by atoms with E-state index < -0.39 is 12.5 Å². The van der Waals surface area contributed by atoms with Crippen molar-refractivity contribution in [1.29, 1.82) is 0 Å². The van der Waals surface area contributed by atoms with Gasteiger partial charge in [-0.25, -0.2) is 0 Å². The first-order valence-corrected chi connectivity index (χ1v) is 9.56. The molecule has 3 aromatic carbocycles. The summed E-state index contributed by atoms with van der Waals surface area (Å²) in [5.41, 5.74) is 1.05. The number of carbonyl (C=O) groups is 1. The number of hydrogen-bond acceptors (Lipinski definition) is 4. The molecule has 0 bridgehead atoms. The standard InChI is InChI=1S/C24H19F2NO4/c1-15-13-17(31-24(25)26)9-11-20(15)27-23(28)22-12-10-18(30-22)14-29-21-8-4-6-16-5-2-3-7-19(16)21/h2-13,24H,14H2,1H3,(H,27,28). The summed E-state index contributed by atoms with van der Waals surface area (Å²) in [4.78, 5) is 12.5. The third-order valence-corrected chi connectivity index (χ3v) is 4.68. The van der Waals surface area contributed by atoms with Crippen molar-refractivity contribution in [3.8, 4) is 11.5 Å². The lowest BCUT2D eigenvalue weighted by Gasteiger charge is -2.10. The van der Waals surface area contributed by atoms with Crippen molar-refractivity contribution in [2.24, 2.45) is 0 Å². The number of rotatable bonds is 7. The molecule has 4 aromatic rings. The van der Waals surface area contributed by atoms with Crippen LogP contribution in [0, 0.1) is 6.92 Å². The van der Waals surface area contributed by atoms with Crippen molar-refractivity contribution < 1.29 is 27.5 Å². The quantitative estimate of drug-likeness (QED) is 0.386. The van der Waals surface area contributed by atoms with Crippen LogP contribution in [0.4, 0.5) is 14.5 Å². The zero-order valence-electron chi connectivity index (χ0n) is 16.6. The second-order valence-electron chi connectivity index (χ2n) is 6.84. The minimum Gasteiger partial charge on any atom is -0.485 e. The highest BCUT2D eigenvalue weighted by Gasteiger charge is 2.14. The van der Waals surface area contributed by atoms with Crippen LogP contribution in [0.15, 0.2) is 77.2 Å². The Morgan fingerprint density at radius 1 is 1.03 bits per heavy atom. The number of halogens is 2. The summed E-state index contributed by atoms with van der Waals surface area (Å²) in [5.74, 6) is 0.903. The van der Waals surface area contributed by atoms with Gasteiger partial charge in [-0.2, -0.15) is 8.78 Å². The van der Waals surface area contributed by atoms with Crippen molar-refractivity contribution in [2.75, 3.05) is 5.32 Å². The van der Waals surface area contributed by atoms with Gasteiger partial charge >= 0.3 is 6.61 Å². The van der Waals surface area contributed by atoms with E-state index in [-0.39, 0.29) is 18.1 Å². The maximum Gasteiger partial charge on any atom is 0.387 e. The molecule has 7 heteroatoms. The van der Waals surface area contributed by atoms with Crippen LogP contribution in [0.5, 0.6) is 11.5 Å². The van der Waals surface area contributed by atoms with Crippen molar-refractivity contribution in [3.63, 3.8) is 0 Å². The second-order valence-corrected chi connectivity index (χ2v) is 6.84. The lowest BCUT2D eigenvalue weighted by Crippen LogP contribution is -2.12. The number of aryl methyl sites for hydroxylation is 1. The minimum absolute atomic E-state index is 0.0244. The van der Waals surface area contributed by atoms with E-state index in [0.29, 0.717) is 17.0 Å². The van der Waals surface area contributed by atoms with Gasteiger partial charge < -0.3 is 19.2 Å². The average Bonchev–Trinajstić information content (AvgIpc) is 3.23. The van der Waals surface area contributed by atoms with Crippen LogP contribution in [0.1, 0.15) is 21.9 Å². The van der Waals surface area contributed by atoms with E-state index in [2.05, 4.69) is 10.1 Å². The van der Waals surface area contributed by atoms with Crippen molar-refractivity contribution in [1.82, 2.24) is 0 Å². The van der Waals surface area contributed by atoms with E-state index in [0.717, 1.165) is 16.5 Å². The summed E-state index contributed by atoms with van der Waals surface area (Å²) in [6, 6.07) is 21.2. The molecular weight excluding hydrogens is 404 g/mol. The summed E-state index contributed by atoms with van der Waals surface area (Å²) in [7, 11) is 0. The fraction of sp³-hybridized carbons (Fsp3) is 0.125. The molecule has 0 aliphatic heterocycles. The van der Waals surface area contributed by atoms with Gasteiger partial charge in [-0.15, -0.1) is 0 Å². The van der Waals surface area contributed by atoms with Crippen LogP contribution in [0.2, 0.25) is 0 Å². The number of hydrogen-bond donors (Lipinski definition) is 1. The van der Waals surface area contributed by atoms with Crippen LogP contribution in [0.3, 0.4) is 0 Å². The lowest BCUT2D eigenvalue weighted by atomic mass is 10.1. The topological polar surface area (TPSA) is 60.7 Å². The molecule has 0 radical (unpaired) electrons. The van der Waals surface area contributed by atoms with E-state index in [1.165, 1.54) is 18.2 Å². The van der Waals surface area contributed by atoms with Crippen molar-refractivity contribution >= 4 is 22.4 Å². The Kier molecular flexibility index (Phi) is 5.84. The minimum atomic E-state index is -2.91. The molecular formula is C24H19F2NO4. The Balaban J connectivity index is 1.41. The van der Waals surface area contributed by atoms with Gasteiger partial charge in [-0.05, 0) is 54.3 Å². The third-order valence-electron chi connectivity index (χ3n) is 4.68. The Bertz CT molecular complexity index is 1210. The normalized spacial score (nSPS) is 11.0. The predicted molar refractivity (Wildman–Crippen MR) is 113 cm³/mol. The van der Waals surface area contributed by atoms with Crippen LogP contribution in [0.25, 0.3) is 10.8 Å². The van der Waals surface area contributed by atoms with E-state index in [4.69, 9.17) is 9.15 Å². The largest absolute Gasteiger partial charge is 0.485 e. The number of fused-ring (bicyclic) bond motifs is 1. The highest BCUT2D eigenvalue weighted by atomic mass is 19.3. The molecule has 0 saturated heterocycles. The second kappa shape index (κ2) is 8.87. The van der Waals surface area contributed by atoms with Crippen LogP contribution >= 0.6 is 0 Å². The van der Waals surface area contributed by atoms with Gasteiger partial charge in [-0.3, -0.25) is 4.79 Å². The summed E-state index contributed by atoms with van der Waals surface area (Å²) in [5, 5.41) is 4.76. The highest BCUT2D eigenvalue weighted by Crippen LogP contribution is 2.27. The molecule has 0 saturated carbocycles. The summed E-state index contributed by atoms with van der Waals surface area (Å²) < 4.78 is 40.5. The van der Waals surface area contributed by atoms with Crippen molar-refractivity contribution in [3.05, 3.63) is 89.9 Å². The van der Waals surface area contributed by atoms with Gasteiger partial charge in [0.2, 0.25) is 0 Å². The Morgan fingerprint density at radius 3 is 2.65 bits per heavy atom. The maximum atomic E-state index is 12.5. The number of carbonyl (C=O) groups excluding carboxylic acids is 1. The number of benzene rings is 3. The van der Waals surface area contributed by atoms with Gasteiger partial charge in [0, 0.05) is 11.1 Å². The molecule has 0 aliphatic rings. The molecule has 0 atom stereocenters. The first-order chi connectivity index (χ1) is 15.0. The molecule has 1 aromatic heterocycles. The number of ether oxygens (including phenoxy) is 2. The summed E-state index contributed by atoms with van der Waals surface area (Å²) in [6.45, 7) is -1.06. The van der Waals surface area contributed by atoms with Crippen LogP contribution in [-0.4, -0.2) is 12.5 Å². The third kappa shape index (κ3) is 4.83. The molecule has 0 unspecified atom stereocenters. The van der Waals surface area contributed by atoms with Gasteiger partial charge in [-0.1, -0.05) is 36.4 Å². The lowest BCUT2D eigenvalue weighted by molar-refractivity contribution is -0.0498. The molecule has 1 N–H and O–H groups in total. The fourth-order valence-electron chi connectivity index (χ4n) is 3.18. The van der Waals surface area contributed by atoms with Crippen molar-refractivity contribution in [2.45, 2.75) is 20.1 Å². The molecule has 31 heavy (non-hydrogen) atoms.